The topological polar surface area (TPSA) is 51.2 Å². The Hall–Kier alpha value is -2.37. The zero-order valence-electron chi connectivity index (χ0n) is 14.8. The highest BCUT2D eigenvalue weighted by atomic mass is 35.5. The molecule has 3 rings (SSSR count). The number of hydrogen-bond acceptors (Lipinski definition) is 4. The van der Waals surface area contributed by atoms with Crippen LogP contribution >= 0.6 is 22.9 Å². The van der Waals surface area contributed by atoms with Crippen LogP contribution < -0.4 is 10.1 Å². The number of carbonyl (C=O) groups is 1. The van der Waals surface area contributed by atoms with Crippen LogP contribution in [-0.2, 0) is 4.79 Å². The Kier molecular flexibility index (Phi) is 5.59. The Morgan fingerprint density at radius 2 is 1.81 bits per heavy atom. The first-order chi connectivity index (χ1) is 12.4. The highest BCUT2D eigenvalue weighted by Crippen LogP contribution is 2.27. The maximum Gasteiger partial charge on any atom is 0.264 e. The lowest BCUT2D eigenvalue weighted by atomic mass is 10.1. The van der Waals surface area contributed by atoms with E-state index in [1.807, 2.05) is 62.5 Å². The first kappa shape index (κ1) is 18.4. The molecule has 26 heavy (non-hydrogen) atoms. The van der Waals surface area contributed by atoms with Gasteiger partial charge in [-0.25, -0.2) is 4.98 Å². The standard InChI is InChI=1S/C20H19ClN2O2S/c1-12-4-5-13(2)19(14(12)3)25-10-18(24)23-20-22-17(11-26-20)15-6-8-16(21)9-7-15/h4-9,11H,10H2,1-3H3,(H,22,23,24). The Morgan fingerprint density at radius 3 is 2.54 bits per heavy atom. The van der Waals surface area contributed by atoms with E-state index in [9.17, 15) is 4.79 Å². The molecule has 4 nitrogen and oxygen atoms in total. The van der Waals surface area contributed by atoms with Crippen molar-refractivity contribution in [3.05, 3.63) is 63.5 Å². The van der Waals surface area contributed by atoms with Gasteiger partial charge in [-0.05, 0) is 49.6 Å². The molecule has 0 saturated carbocycles. The molecule has 0 aliphatic heterocycles. The molecule has 1 N–H and O–H groups in total. The third-order valence-electron chi connectivity index (χ3n) is 4.11. The number of aryl methyl sites for hydroxylation is 2. The average molecular weight is 387 g/mol. The van der Waals surface area contributed by atoms with Crippen LogP contribution in [0.25, 0.3) is 11.3 Å². The second-order valence-corrected chi connectivity index (χ2v) is 7.33. The van der Waals surface area contributed by atoms with Gasteiger partial charge in [-0.1, -0.05) is 35.9 Å². The lowest BCUT2D eigenvalue weighted by molar-refractivity contribution is -0.118. The van der Waals surface area contributed by atoms with Gasteiger partial charge in [-0.2, -0.15) is 0 Å². The molecule has 1 amide bonds. The molecular weight excluding hydrogens is 368 g/mol. The molecule has 0 aliphatic carbocycles. The summed E-state index contributed by atoms with van der Waals surface area (Å²) in [5.41, 5.74) is 4.96. The summed E-state index contributed by atoms with van der Waals surface area (Å²) in [5, 5.41) is 5.90. The van der Waals surface area contributed by atoms with Crippen LogP contribution in [-0.4, -0.2) is 17.5 Å². The largest absolute Gasteiger partial charge is 0.483 e. The number of rotatable bonds is 5. The number of anilines is 1. The predicted molar refractivity (Wildman–Crippen MR) is 107 cm³/mol. The fraction of sp³-hybridized carbons (Fsp3) is 0.200. The van der Waals surface area contributed by atoms with Gasteiger partial charge < -0.3 is 4.74 Å². The fourth-order valence-corrected chi connectivity index (χ4v) is 3.39. The van der Waals surface area contributed by atoms with E-state index in [1.165, 1.54) is 11.3 Å². The van der Waals surface area contributed by atoms with Crippen LogP contribution in [0.3, 0.4) is 0 Å². The molecule has 0 atom stereocenters. The zero-order valence-corrected chi connectivity index (χ0v) is 16.4. The number of carbonyl (C=O) groups excluding carboxylic acids is 1. The van der Waals surface area contributed by atoms with Crippen LogP contribution in [0.2, 0.25) is 5.02 Å². The van der Waals surface area contributed by atoms with E-state index in [0.29, 0.717) is 10.2 Å². The second-order valence-electron chi connectivity index (χ2n) is 6.04. The minimum Gasteiger partial charge on any atom is -0.483 e. The number of halogens is 1. The van der Waals surface area contributed by atoms with Gasteiger partial charge in [-0.3, -0.25) is 10.1 Å². The monoisotopic (exact) mass is 386 g/mol. The zero-order chi connectivity index (χ0) is 18.7. The van der Waals surface area contributed by atoms with Gasteiger partial charge >= 0.3 is 0 Å². The highest BCUT2D eigenvalue weighted by molar-refractivity contribution is 7.14. The lowest BCUT2D eigenvalue weighted by Gasteiger charge is -2.13. The maximum atomic E-state index is 12.2. The Morgan fingerprint density at radius 1 is 1.12 bits per heavy atom. The minimum atomic E-state index is -0.234. The summed E-state index contributed by atoms with van der Waals surface area (Å²) in [6.07, 6.45) is 0. The Labute approximate surface area is 161 Å². The Balaban J connectivity index is 1.63. The first-order valence-electron chi connectivity index (χ1n) is 8.15. The number of ether oxygens (including phenoxy) is 1. The summed E-state index contributed by atoms with van der Waals surface area (Å²) >= 11 is 7.28. The molecule has 0 radical (unpaired) electrons. The molecule has 6 heteroatoms. The smallest absolute Gasteiger partial charge is 0.264 e. The van der Waals surface area contributed by atoms with Crippen LogP contribution in [0, 0.1) is 20.8 Å². The van der Waals surface area contributed by atoms with Gasteiger partial charge in [0.25, 0.3) is 5.91 Å². The third kappa shape index (κ3) is 4.23. The molecule has 0 bridgehead atoms. The number of nitrogens with one attached hydrogen (secondary N) is 1. The van der Waals surface area contributed by atoms with Gasteiger partial charge in [0, 0.05) is 16.0 Å². The van der Waals surface area contributed by atoms with E-state index >= 15 is 0 Å². The summed E-state index contributed by atoms with van der Waals surface area (Å²) in [6.45, 7) is 5.93. The molecule has 3 aromatic rings. The van der Waals surface area contributed by atoms with Crippen LogP contribution in [0.4, 0.5) is 5.13 Å². The SMILES string of the molecule is Cc1ccc(C)c(OCC(=O)Nc2nc(-c3ccc(Cl)cc3)cs2)c1C. The summed E-state index contributed by atoms with van der Waals surface area (Å²) in [7, 11) is 0. The molecule has 0 spiro atoms. The van der Waals surface area contributed by atoms with Crippen molar-refractivity contribution in [2.75, 3.05) is 11.9 Å². The van der Waals surface area contributed by atoms with Crippen LogP contribution in [0.5, 0.6) is 5.75 Å². The number of nitrogens with zero attached hydrogens (tertiary/aromatic N) is 1. The van der Waals surface area contributed by atoms with Gasteiger partial charge in [0.05, 0.1) is 5.69 Å². The normalized spacial score (nSPS) is 10.6. The van der Waals surface area contributed by atoms with Crippen molar-refractivity contribution < 1.29 is 9.53 Å². The second kappa shape index (κ2) is 7.89. The molecule has 0 aliphatic rings. The van der Waals surface area contributed by atoms with E-state index in [0.717, 1.165) is 33.7 Å². The van der Waals surface area contributed by atoms with Crippen molar-refractivity contribution in [3.8, 4) is 17.0 Å². The maximum absolute atomic E-state index is 12.2. The van der Waals surface area contributed by atoms with Crippen molar-refractivity contribution >= 4 is 34.0 Å². The van der Waals surface area contributed by atoms with Crippen LogP contribution in [0.15, 0.2) is 41.8 Å². The lowest BCUT2D eigenvalue weighted by Crippen LogP contribution is -2.20. The Bertz CT molecular complexity index is 935. The number of hydrogen-bond donors (Lipinski definition) is 1. The summed E-state index contributed by atoms with van der Waals surface area (Å²) in [5.74, 6) is 0.531. The van der Waals surface area contributed by atoms with Crippen molar-refractivity contribution in [3.63, 3.8) is 0 Å². The van der Waals surface area contributed by atoms with E-state index in [4.69, 9.17) is 16.3 Å². The number of benzene rings is 2. The molecular formula is C20H19ClN2O2S. The fourth-order valence-electron chi connectivity index (χ4n) is 2.53. The van der Waals surface area contributed by atoms with Gasteiger partial charge in [0.15, 0.2) is 11.7 Å². The molecule has 1 heterocycles. The van der Waals surface area contributed by atoms with E-state index in [2.05, 4.69) is 10.3 Å². The number of thiazole rings is 1. The van der Waals surface area contributed by atoms with Crippen molar-refractivity contribution in [1.29, 1.82) is 0 Å². The summed E-state index contributed by atoms with van der Waals surface area (Å²) < 4.78 is 5.74. The molecule has 2 aromatic carbocycles. The summed E-state index contributed by atoms with van der Waals surface area (Å²) in [6, 6.07) is 11.5. The molecule has 0 fully saturated rings. The minimum absolute atomic E-state index is 0.0546. The van der Waals surface area contributed by atoms with E-state index < -0.39 is 0 Å². The van der Waals surface area contributed by atoms with Crippen LogP contribution in [0.1, 0.15) is 16.7 Å². The molecule has 0 unspecified atom stereocenters. The number of amides is 1. The van der Waals surface area contributed by atoms with Gasteiger partial charge in [0.1, 0.15) is 5.75 Å². The van der Waals surface area contributed by atoms with E-state index in [-0.39, 0.29) is 12.5 Å². The predicted octanol–water partition coefficient (Wildman–Crippen LogP) is 5.41. The van der Waals surface area contributed by atoms with Crippen molar-refractivity contribution in [2.45, 2.75) is 20.8 Å². The third-order valence-corrected chi connectivity index (χ3v) is 5.12. The number of aromatic nitrogens is 1. The quantitative estimate of drug-likeness (QED) is 0.638. The van der Waals surface area contributed by atoms with Gasteiger partial charge in [-0.15, -0.1) is 11.3 Å². The first-order valence-corrected chi connectivity index (χ1v) is 9.40. The molecule has 134 valence electrons. The highest BCUT2D eigenvalue weighted by Gasteiger charge is 2.11. The van der Waals surface area contributed by atoms with Crippen molar-refractivity contribution in [1.82, 2.24) is 4.98 Å². The summed E-state index contributed by atoms with van der Waals surface area (Å²) in [4.78, 5) is 16.6. The van der Waals surface area contributed by atoms with E-state index in [1.54, 1.807) is 0 Å². The molecule has 0 saturated heterocycles. The van der Waals surface area contributed by atoms with Crippen molar-refractivity contribution in [2.24, 2.45) is 0 Å². The molecule has 1 aromatic heterocycles. The van der Waals surface area contributed by atoms with Gasteiger partial charge in [0.2, 0.25) is 0 Å². The average Bonchev–Trinajstić information content (AvgIpc) is 3.07.